The number of aromatic nitrogens is 5. The number of imidazole rings is 1. The highest BCUT2D eigenvalue weighted by Gasteiger charge is 2.34. The monoisotopic (exact) mass is 522 g/mol. The lowest BCUT2D eigenvalue weighted by Crippen LogP contribution is -2.12. The van der Waals surface area contributed by atoms with E-state index in [1.165, 1.54) is 12.3 Å². The van der Waals surface area contributed by atoms with E-state index < -0.39 is 11.9 Å². The number of anilines is 1. The van der Waals surface area contributed by atoms with E-state index in [-0.39, 0.29) is 18.8 Å². The van der Waals surface area contributed by atoms with Gasteiger partial charge >= 0.3 is 6.18 Å². The molecule has 5 heterocycles. The van der Waals surface area contributed by atoms with Crippen molar-refractivity contribution in [3.63, 3.8) is 0 Å². The lowest BCUT2D eigenvalue weighted by molar-refractivity contribution is -0.141. The number of hydrogen-bond donors (Lipinski definition) is 1. The molecule has 4 aromatic heterocycles. The van der Waals surface area contributed by atoms with Crippen LogP contribution < -0.4 is 10.1 Å². The summed E-state index contributed by atoms with van der Waals surface area (Å²) in [6, 6.07) is 4.05. The van der Waals surface area contributed by atoms with Gasteiger partial charge in [-0.25, -0.2) is 14.4 Å². The predicted octanol–water partition coefficient (Wildman–Crippen LogP) is 5.36. The van der Waals surface area contributed by atoms with Crippen LogP contribution in [0.25, 0.3) is 28.0 Å². The van der Waals surface area contributed by atoms with Crippen molar-refractivity contribution in [2.75, 3.05) is 11.9 Å². The molecule has 0 saturated carbocycles. The Morgan fingerprint density at radius 3 is 2.74 bits per heavy atom. The fourth-order valence-electron chi connectivity index (χ4n) is 5.21. The van der Waals surface area contributed by atoms with Gasteiger partial charge in [-0.15, -0.1) is 0 Å². The van der Waals surface area contributed by atoms with Gasteiger partial charge in [0.25, 0.3) is 0 Å². The highest BCUT2D eigenvalue weighted by Crippen LogP contribution is 2.41. The van der Waals surface area contributed by atoms with Crippen LogP contribution in [0.2, 0.25) is 0 Å². The quantitative estimate of drug-likeness (QED) is 0.313. The SMILES string of the molecule is Cc1onc2c1Cc1cc(C(F)(F)F)ncc1-c1cnc(NCc3c(F)ccc4c3CCO4)n3cnc-2c13. The molecule has 0 amide bonds. The molecule has 192 valence electrons. The van der Waals surface area contributed by atoms with E-state index in [0.717, 1.165) is 11.6 Å². The molecule has 0 saturated heterocycles. The van der Waals surface area contributed by atoms with Crippen molar-refractivity contribution in [3.05, 3.63) is 76.4 Å². The average Bonchev–Trinajstić information content (AvgIpc) is 3.61. The summed E-state index contributed by atoms with van der Waals surface area (Å²) in [6.07, 6.45) is 0.502. The van der Waals surface area contributed by atoms with Crippen molar-refractivity contribution in [1.82, 2.24) is 24.5 Å². The zero-order valence-electron chi connectivity index (χ0n) is 19.9. The van der Waals surface area contributed by atoms with Crippen LogP contribution in [-0.2, 0) is 25.6 Å². The molecule has 12 heteroatoms. The smallest absolute Gasteiger partial charge is 0.433 e. The van der Waals surface area contributed by atoms with Crippen LogP contribution in [0.5, 0.6) is 5.75 Å². The Morgan fingerprint density at radius 2 is 1.89 bits per heavy atom. The minimum Gasteiger partial charge on any atom is -0.493 e. The second-order valence-electron chi connectivity index (χ2n) is 9.23. The van der Waals surface area contributed by atoms with Crippen molar-refractivity contribution >= 4 is 11.5 Å². The number of pyridine rings is 1. The van der Waals surface area contributed by atoms with Crippen molar-refractivity contribution in [3.8, 4) is 28.3 Å². The molecule has 7 rings (SSSR count). The molecule has 0 unspecified atom stereocenters. The van der Waals surface area contributed by atoms with E-state index in [9.17, 15) is 17.6 Å². The number of hydrogen-bond acceptors (Lipinski definition) is 7. The molecule has 1 N–H and O–H groups in total. The summed E-state index contributed by atoms with van der Waals surface area (Å²) in [5.41, 5.74) is 3.95. The molecule has 1 aliphatic heterocycles. The van der Waals surface area contributed by atoms with E-state index in [1.54, 1.807) is 29.9 Å². The highest BCUT2D eigenvalue weighted by molar-refractivity contribution is 5.93. The third-order valence-corrected chi connectivity index (χ3v) is 7.08. The van der Waals surface area contributed by atoms with Gasteiger partial charge in [0.05, 0.1) is 12.1 Å². The molecular formula is C26H18F4N6O2. The van der Waals surface area contributed by atoms with E-state index in [1.807, 2.05) is 0 Å². The molecule has 8 nitrogen and oxygen atoms in total. The minimum absolute atomic E-state index is 0.148. The predicted molar refractivity (Wildman–Crippen MR) is 127 cm³/mol. The lowest BCUT2D eigenvalue weighted by atomic mass is 9.91. The number of ether oxygens (including phenoxy) is 1. The van der Waals surface area contributed by atoms with Gasteiger partial charge in [-0.2, -0.15) is 13.2 Å². The van der Waals surface area contributed by atoms with E-state index >= 15 is 0 Å². The van der Waals surface area contributed by atoms with Crippen LogP contribution in [0.4, 0.5) is 23.5 Å². The van der Waals surface area contributed by atoms with Gasteiger partial charge in [0, 0.05) is 59.6 Å². The van der Waals surface area contributed by atoms with Crippen molar-refractivity contribution in [1.29, 1.82) is 0 Å². The van der Waals surface area contributed by atoms with Crippen molar-refractivity contribution in [2.45, 2.75) is 32.5 Å². The molecule has 0 bridgehead atoms. The normalized spacial score (nSPS) is 13.9. The van der Waals surface area contributed by atoms with Gasteiger partial charge in [-0.3, -0.25) is 9.38 Å². The summed E-state index contributed by atoms with van der Waals surface area (Å²) >= 11 is 0. The summed E-state index contributed by atoms with van der Waals surface area (Å²) in [5.74, 6) is 1.18. The summed E-state index contributed by atoms with van der Waals surface area (Å²) < 4.78 is 67.9. The topological polar surface area (TPSA) is 90.4 Å². The number of benzene rings is 1. The summed E-state index contributed by atoms with van der Waals surface area (Å²) in [4.78, 5) is 12.8. The first-order valence-electron chi connectivity index (χ1n) is 11.8. The Bertz CT molecular complexity index is 1760. The van der Waals surface area contributed by atoms with Gasteiger partial charge in [0.1, 0.15) is 40.7 Å². The fraction of sp³-hybridized carbons (Fsp3) is 0.231. The van der Waals surface area contributed by atoms with E-state index in [2.05, 4.69) is 25.4 Å². The number of fused-ring (bicyclic) bond motifs is 5. The van der Waals surface area contributed by atoms with Crippen LogP contribution >= 0.6 is 0 Å². The van der Waals surface area contributed by atoms with Gasteiger partial charge in [-0.05, 0) is 30.7 Å². The molecule has 2 aliphatic rings. The number of halogens is 4. The molecule has 0 spiro atoms. The molecule has 1 aromatic carbocycles. The average molecular weight is 522 g/mol. The number of nitrogens with one attached hydrogen (secondary N) is 1. The van der Waals surface area contributed by atoms with Crippen LogP contribution in [0, 0.1) is 12.7 Å². The van der Waals surface area contributed by atoms with Crippen molar-refractivity contribution < 1.29 is 26.8 Å². The van der Waals surface area contributed by atoms with Crippen molar-refractivity contribution in [2.24, 2.45) is 0 Å². The molecular weight excluding hydrogens is 504 g/mol. The Morgan fingerprint density at radius 1 is 1.05 bits per heavy atom. The fourth-order valence-corrected chi connectivity index (χ4v) is 5.21. The first kappa shape index (κ1) is 22.7. The maximum Gasteiger partial charge on any atom is 0.433 e. The van der Waals surface area contributed by atoms with E-state index in [0.29, 0.717) is 75.2 Å². The van der Waals surface area contributed by atoms with Crippen LogP contribution in [0.1, 0.15) is 33.7 Å². The Balaban J connectivity index is 1.39. The molecule has 0 fully saturated rings. The van der Waals surface area contributed by atoms with Crippen LogP contribution in [-0.4, -0.2) is 31.1 Å². The molecule has 5 aromatic rings. The first-order valence-corrected chi connectivity index (χ1v) is 11.8. The van der Waals surface area contributed by atoms with Crippen LogP contribution in [0.3, 0.4) is 0 Å². The van der Waals surface area contributed by atoms with Gasteiger partial charge in [-0.1, -0.05) is 5.16 Å². The zero-order chi connectivity index (χ0) is 26.2. The standard InChI is InChI=1S/C26H18F4N6O2/c1-12-15-6-13-7-21(26(28,29)30)31-8-16(13)18-10-33-25(36-11-34-23(24(18)36)22(15)35-38-12)32-9-17-14-4-5-37-20(14)3-2-19(17)27/h2-3,7-8,10-11H,4-6,9H2,1H3,(H,32,33). The third kappa shape index (κ3) is 3.36. The Labute approximate surface area is 212 Å². The number of rotatable bonds is 3. The van der Waals surface area contributed by atoms with Gasteiger partial charge in [0.2, 0.25) is 5.95 Å². The first-order chi connectivity index (χ1) is 18.3. The second-order valence-corrected chi connectivity index (χ2v) is 9.23. The van der Waals surface area contributed by atoms with Crippen LogP contribution in [0.15, 0.2) is 41.4 Å². The maximum absolute atomic E-state index is 14.7. The second kappa shape index (κ2) is 8.01. The molecule has 38 heavy (non-hydrogen) atoms. The third-order valence-electron chi connectivity index (χ3n) is 7.08. The highest BCUT2D eigenvalue weighted by atomic mass is 19.4. The maximum atomic E-state index is 14.7. The number of alkyl halides is 3. The van der Waals surface area contributed by atoms with E-state index in [4.69, 9.17) is 9.26 Å². The summed E-state index contributed by atoms with van der Waals surface area (Å²) in [6.45, 7) is 2.36. The molecule has 0 atom stereocenters. The number of aryl methyl sites for hydroxylation is 1. The Hall–Kier alpha value is -4.48. The lowest BCUT2D eigenvalue weighted by Gasteiger charge is -2.18. The van der Waals surface area contributed by atoms with Gasteiger partial charge < -0.3 is 14.6 Å². The summed E-state index contributed by atoms with van der Waals surface area (Å²) in [7, 11) is 0. The van der Waals surface area contributed by atoms with Gasteiger partial charge in [0.15, 0.2) is 0 Å². The summed E-state index contributed by atoms with van der Waals surface area (Å²) in [5, 5.41) is 7.37. The number of nitrogens with zero attached hydrogens (tertiary/aromatic N) is 5. The Kier molecular flexibility index (Phi) is 4.78. The largest absolute Gasteiger partial charge is 0.493 e. The molecule has 0 radical (unpaired) electrons. The molecule has 1 aliphatic carbocycles. The zero-order valence-corrected chi connectivity index (χ0v) is 19.9. The minimum atomic E-state index is -4.59.